The van der Waals surface area contributed by atoms with Crippen LogP contribution >= 0.6 is 0 Å². The van der Waals surface area contributed by atoms with E-state index >= 15 is 0 Å². The number of hydrogen-bond acceptors (Lipinski definition) is 5. The summed E-state index contributed by atoms with van der Waals surface area (Å²) in [4.78, 5) is 27.5. The van der Waals surface area contributed by atoms with Crippen LogP contribution in [0.15, 0.2) is 0 Å². The van der Waals surface area contributed by atoms with Gasteiger partial charge in [0.1, 0.15) is 5.60 Å². The summed E-state index contributed by atoms with van der Waals surface area (Å²) < 4.78 is 10.1. The minimum atomic E-state index is -0.427. The molecule has 2 aliphatic heterocycles. The second-order valence-corrected chi connectivity index (χ2v) is 8.03. The highest BCUT2D eigenvalue weighted by atomic mass is 16.6. The van der Waals surface area contributed by atoms with Crippen molar-refractivity contribution in [2.24, 2.45) is 11.8 Å². The van der Waals surface area contributed by atoms with Gasteiger partial charge in [-0.15, -0.1) is 0 Å². The van der Waals surface area contributed by atoms with Crippen molar-refractivity contribution in [2.45, 2.75) is 52.1 Å². The van der Waals surface area contributed by atoms with Gasteiger partial charge in [0.05, 0.1) is 7.11 Å². The summed E-state index contributed by atoms with van der Waals surface area (Å²) >= 11 is 0. The Morgan fingerprint density at radius 1 is 1.12 bits per heavy atom. The number of carbonyl (C=O) groups is 2. The van der Waals surface area contributed by atoms with Crippen LogP contribution in [0.25, 0.3) is 0 Å². The van der Waals surface area contributed by atoms with E-state index in [4.69, 9.17) is 4.74 Å². The maximum absolute atomic E-state index is 12.0. The number of piperidine rings is 1. The molecule has 0 spiro atoms. The van der Waals surface area contributed by atoms with Crippen molar-refractivity contribution in [2.75, 3.05) is 39.8 Å². The first-order chi connectivity index (χ1) is 11.3. The number of nitrogens with zero attached hydrogens (tertiary/aromatic N) is 2. The van der Waals surface area contributed by atoms with Crippen molar-refractivity contribution in [3.63, 3.8) is 0 Å². The molecule has 0 bridgehead atoms. The third kappa shape index (κ3) is 5.65. The third-order valence-electron chi connectivity index (χ3n) is 4.85. The molecule has 2 fully saturated rings. The van der Waals surface area contributed by atoms with Crippen molar-refractivity contribution in [1.29, 1.82) is 0 Å². The molecule has 0 aromatic heterocycles. The van der Waals surface area contributed by atoms with Crippen molar-refractivity contribution in [3.05, 3.63) is 0 Å². The fraction of sp³-hybridized carbons (Fsp3) is 0.889. The first-order valence-corrected chi connectivity index (χ1v) is 9.05. The number of methoxy groups -OCH3 is 1. The summed E-state index contributed by atoms with van der Waals surface area (Å²) in [6.45, 7) is 10.5. The van der Waals surface area contributed by atoms with Crippen molar-refractivity contribution < 1.29 is 19.1 Å². The molecule has 0 aromatic carbocycles. The predicted octanol–water partition coefficient (Wildman–Crippen LogP) is 2.52. The zero-order valence-electron chi connectivity index (χ0n) is 15.5. The number of hydrogen-bond donors (Lipinski definition) is 0. The van der Waals surface area contributed by atoms with E-state index < -0.39 is 5.60 Å². The summed E-state index contributed by atoms with van der Waals surface area (Å²) in [5.41, 5.74) is -0.427. The van der Waals surface area contributed by atoms with Crippen molar-refractivity contribution >= 4 is 12.1 Å². The highest BCUT2D eigenvalue weighted by Gasteiger charge is 2.39. The topological polar surface area (TPSA) is 59.1 Å². The highest BCUT2D eigenvalue weighted by Crippen LogP contribution is 2.31. The molecule has 0 N–H and O–H groups in total. The van der Waals surface area contributed by atoms with Gasteiger partial charge in [-0.2, -0.15) is 0 Å². The van der Waals surface area contributed by atoms with E-state index in [0.29, 0.717) is 18.3 Å². The van der Waals surface area contributed by atoms with Gasteiger partial charge in [-0.25, -0.2) is 4.79 Å². The van der Waals surface area contributed by atoms with E-state index in [1.54, 1.807) is 0 Å². The minimum Gasteiger partial charge on any atom is -0.469 e. The third-order valence-corrected chi connectivity index (χ3v) is 4.85. The first kappa shape index (κ1) is 19.0. The maximum atomic E-state index is 12.0. The van der Waals surface area contributed by atoms with Gasteiger partial charge >= 0.3 is 12.1 Å². The fourth-order valence-corrected chi connectivity index (χ4v) is 3.51. The van der Waals surface area contributed by atoms with Crippen molar-refractivity contribution in [3.8, 4) is 0 Å². The lowest BCUT2D eigenvalue weighted by molar-refractivity contribution is -0.140. The molecule has 2 saturated heterocycles. The van der Waals surface area contributed by atoms with Crippen LogP contribution in [-0.4, -0.2) is 67.3 Å². The standard InChI is InChI=1S/C18H32N2O4/c1-18(2,3)24-17(22)20-12-15(13-20)14-7-5-9-19(11-14)10-6-8-16(21)23-4/h14-15H,5-13H2,1-4H3. The van der Waals surface area contributed by atoms with E-state index in [0.717, 1.165) is 39.1 Å². The Balaban J connectivity index is 1.69. The van der Waals surface area contributed by atoms with Gasteiger partial charge in [-0.3, -0.25) is 4.79 Å². The lowest BCUT2D eigenvalue weighted by Gasteiger charge is -2.46. The lowest BCUT2D eigenvalue weighted by atomic mass is 9.81. The molecule has 2 rings (SSSR count). The van der Waals surface area contributed by atoms with Gasteiger partial charge in [0, 0.05) is 26.1 Å². The summed E-state index contributed by atoms with van der Waals surface area (Å²) in [6, 6.07) is 0. The molecule has 0 saturated carbocycles. The van der Waals surface area contributed by atoms with Gasteiger partial charge in [-0.05, 0) is 65.0 Å². The van der Waals surface area contributed by atoms with Crippen LogP contribution in [0.1, 0.15) is 46.5 Å². The Hall–Kier alpha value is -1.30. The quantitative estimate of drug-likeness (QED) is 0.720. The van der Waals surface area contributed by atoms with Crippen LogP contribution < -0.4 is 0 Å². The van der Waals surface area contributed by atoms with Gasteiger partial charge < -0.3 is 19.3 Å². The Kier molecular flexibility index (Phi) is 6.49. The molecule has 24 heavy (non-hydrogen) atoms. The lowest BCUT2D eigenvalue weighted by Crippen LogP contribution is -2.56. The van der Waals surface area contributed by atoms with Crippen LogP contribution in [0.2, 0.25) is 0 Å². The first-order valence-electron chi connectivity index (χ1n) is 9.05. The van der Waals surface area contributed by atoms with Gasteiger partial charge in [0.2, 0.25) is 0 Å². The smallest absolute Gasteiger partial charge is 0.410 e. The normalized spacial score (nSPS) is 22.8. The molecule has 0 radical (unpaired) electrons. The summed E-state index contributed by atoms with van der Waals surface area (Å²) in [5, 5.41) is 0. The average Bonchev–Trinajstić information content (AvgIpc) is 2.44. The molecule has 1 unspecified atom stereocenters. The Morgan fingerprint density at radius 3 is 2.46 bits per heavy atom. The SMILES string of the molecule is COC(=O)CCCN1CCCC(C2CN(C(=O)OC(C)(C)C)C2)C1. The molecule has 0 aliphatic carbocycles. The molecule has 0 aromatic rings. The zero-order valence-corrected chi connectivity index (χ0v) is 15.5. The van der Waals surface area contributed by atoms with E-state index in [2.05, 4.69) is 9.64 Å². The van der Waals surface area contributed by atoms with Crippen LogP contribution in [0.4, 0.5) is 4.79 Å². The Bertz CT molecular complexity index is 441. The number of amides is 1. The molecule has 2 heterocycles. The molecule has 138 valence electrons. The van der Waals surface area contributed by atoms with Crippen LogP contribution in [0, 0.1) is 11.8 Å². The average molecular weight is 340 g/mol. The Labute approximate surface area is 145 Å². The Morgan fingerprint density at radius 2 is 1.83 bits per heavy atom. The van der Waals surface area contributed by atoms with Crippen LogP contribution in [-0.2, 0) is 14.3 Å². The van der Waals surface area contributed by atoms with E-state index in [1.807, 2.05) is 25.7 Å². The largest absolute Gasteiger partial charge is 0.469 e. The molecular weight excluding hydrogens is 308 g/mol. The van der Waals surface area contributed by atoms with E-state index in [1.165, 1.54) is 20.0 Å². The number of carbonyl (C=O) groups excluding carboxylic acids is 2. The molecule has 1 atom stereocenters. The minimum absolute atomic E-state index is 0.129. The zero-order chi connectivity index (χ0) is 17.7. The van der Waals surface area contributed by atoms with E-state index in [-0.39, 0.29) is 12.1 Å². The molecule has 1 amide bonds. The number of esters is 1. The molecule has 2 aliphatic rings. The molecule has 6 nitrogen and oxygen atoms in total. The molecule has 6 heteroatoms. The second-order valence-electron chi connectivity index (χ2n) is 8.03. The van der Waals surface area contributed by atoms with Gasteiger partial charge in [0.15, 0.2) is 0 Å². The summed E-state index contributed by atoms with van der Waals surface area (Å²) in [7, 11) is 1.44. The highest BCUT2D eigenvalue weighted by molar-refractivity contribution is 5.69. The molecular formula is C18H32N2O4. The summed E-state index contributed by atoms with van der Waals surface area (Å²) in [5.74, 6) is 1.10. The number of likely N-dealkylation sites (tertiary alicyclic amines) is 2. The summed E-state index contributed by atoms with van der Waals surface area (Å²) in [6.07, 6.45) is 3.60. The van der Waals surface area contributed by atoms with Gasteiger partial charge in [0.25, 0.3) is 0 Å². The maximum Gasteiger partial charge on any atom is 0.410 e. The van der Waals surface area contributed by atoms with Crippen LogP contribution in [0.5, 0.6) is 0 Å². The van der Waals surface area contributed by atoms with Crippen LogP contribution in [0.3, 0.4) is 0 Å². The van der Waals surface area contributed by atoms with Crippen molar-refractivity contribution in [1.82, 2.24) is 9.80 Å². The van der Waals surface area contributed by atoms with Gasteiger partial charge in [-0.1, -0.05) is 0 Å². The number of ether oxygens (including phenoxy) is 2. The number of rotatable bonds is 5. The monoisotopic (exact) mass is 340 g/mol. The predicted molar refractivity (Wildman–Crippen MR) is 91.7 cm³/mol. The van der Waals surface area contributed by atoms with E-state index in [9.17, 15) is 9.59 Å². The fourth-order valence-electron chi connectivity index (χ4n) is 3.51. The second kappa shape index (κ2) is 8.19.